The van der Waals surface area contributed by atoms with Crippen molar-refractivity contribution in [3.63, 3.8) is 0 Å². The summed E-state index contributed by atoms with van der Waals surface area (Å²) < 4.78 is 54.0. The van der Waals surface area contributed by atoms with Gasteiger partial charge in [0.2, 0.25) is 15.9 Å². The van der Waals surface area contributed by atoms with Crippen LogP contribution in [0, 0.1) is 17.6 Å². The molecule has 2 aromatic rings. The summed E-state index contributed by atoms with van der Waals surface area (Å²) in [6.45, 7) is 7.10. The third-order valence-corrected chi connectivity index (χ3v) is 6.05. The van der Waals surface area contributed by atoms with Crippen LogP contribution in [0.5, 0.6) is 0 Å². The molecule has 2 N–H and O–H groups in total. The normalized spacial score (nSPS) is 19.6. The molecule has 1 aliphatic carbocycles. The number of carbonyl (C=O) groups excluding carboxylic acids is 1. The lowest BCUT2D eigenvalue weighted by Gasteiger charge is -2.21. The highest BCUT2D eigenvalue weighted by Crippen LogP contribution is 2.48. The Kier molecular flexibility index (Phi) is 6.15. The Morgan fingerprint density at radius 1 is 1.10 bits per heavy atom. The van der Waals surface area contributed by atoms with E-state index >= 15 is 0 Å². The molecule has 0 aromatic heterocycles. The molecule has 0 heterocycles. The Bertz CT molecular complexity index is 1070. The van der Waals surface area contributed by atoms with Gasteiger partial charge in [-0.05, 0) is 60.1 Å². The number of hydrogen-bond acceptors (Lipinski definition) is 3. The number of nitrogens with one attached hydrogen (secondary N) is 2. The van der Waals surface area contributed by atoms with Crippen molar-refractivity contribution < 1.29 is 22.0 Å². The molecule has 3 atom stereocenters. The van der Waals surface area contributed by atoms with E-state index < -0.39 is 27.1 Å². The molecule has 0 spiro atoms. The van der Waals surface area contributed by atoms with Gasteiger partial charge in [-0.1, -0.05) is 32.9 Å². The van der Waals surface area contributed by atoms with E-state index in [1.807, 2.05) is 6.92 Å². The van der Waals surface area contributed by atoms with Crippen molar-refractivity contribution in [3.05, 3.63) is 64.7 Å². The van der Waals surface area contributed by atoms with Crippen LogP contribution < -0.4 is 10.0 Å². The van der Waals surface area contributed by atoms with Crippen molar-refractivity contribution in [2.75, 3.05) is 11.0 Å². The van der Waals surface area contributed by atoms with Gasteiger partial charge in [0.25, 0.3) is 0 Å². The van der Waals surface area contributed by atoms with Gasteiger partial charge in [0.1, 0.15) is 11.6 Å². The zero-order valence-corrected chi connectivity index (χ0v) is 19.1. The van der Waals surface area contributed by atoms with Crippen molar-refractivity contribution in [3.8, 4) is 0 Å². The molecule has 0 radical (unpaired) electrons. The van der Waals surface area contributed by atoms with E-state index in [-0.39, 0.29) is 29.3 Å². The molecule has 31 heavy (non-hydrogen) atoms. The topological polar surface area (TPSA) is 75.3 Å². The maximum absolute atomic E-state index is 14.5. The largest absolute Gasteiger partial charge is 0.349 e. The number of anilines is 1. The van der Waals surface area contributed by atoms with Crippen LogP contribution in [-0.2, 0) is 20.2 Å². The molecule has 1 saturated carbocycles. The van der Waals surface area contributed by atoms with Crippen molar-refractivity contribution in [1.82, 2.24) is 5.32 Å². The van der Waals surface area contributed by atoms with Gasteiger partial charge < -0.3 is 5.32 Å². The number of amides is 1. The van der Waals surface area contributed by atoms with Crippen LogP contribution in [0.3, 0.4) is 0 Å². The van der Waals surface area contributed by atoms with E-state index in [1.165, 1.54) is 12.1 Å². The molecule has 1 aliphatic rings. The standard InChI is InChI=1S/C23H28F2N2O3S/c1-13(14-6-8-16(9-7-14)27-31(5,29)30)26-22(28)18-12-17(18)15-10-19(24)21(20(25)11-15)23(2,3)4/h6-11,13,17-18,27H,12H2,1-5H3,(H,26,28)/t13-,17-,18?/m1/s1. The van der Waals surface area contributed by atoms with E-state index in [4.69, 9.17) is 0 Å². The number of rotatable bonds is 6. The first-order valence-corrected chi connectivity index (χ1v) is 12.0. The third-order valence-electron chi connectivity index (χ3n) is 5.44. The summed E-state index contributed by atoms with van der Waals surface area (Å²) in [4.78, 5) is 12.6. The molecule has 5 nitrogen and oxygen atoms in total. The molecule has 1 amide bonds. The lowest BCUT2D eigenvalue weighted by molar-refractivity contribution is -0.123. The van der Waals surface area contributed by atoms with E-state index in [0.29, 0.717) is 17.7 Å². The first kappa shape index (κ1) is 23.2. The molecule has 0 bridgehead atoms. The van der Waals surface area contributed by atoms with Gasteiger partial charge in [-0.15, -0.1) is 0 Å². The summed E-state index contributed by atoms with van der Waals surface area (Å²) in [6, 6.07) is 9.12. The molecule has 2 aromatic carbocycles. The highest BCUT2D eigenvalue weighted by atomic mass is 32.2. The fraction of sp³-hybridized carbons (Fsp3) is 0.435. The van der Waals surface area contributed by atoms with Crippen molar-refractivity contribution in [2.45, 2.75) is 51.5 Å². The maximum Gasteiger partial charge on any atom is 0.229 e. The summed E-state index contributed by atoms with van der Waals surface area (Å²) in [5.41, 5.74) is 1.17. The molecule has 168 valence electrons. The van der Waals surface area contributed by atoms with Crippen LogP contribution >= 0.6 is 0 Å². The zero-order chi connectivity index (χ0) is 23.1. The monoisotopic (exact) mass is 450 g/mol. The van der Waals surface area contributed by atoms with Crippen LogP contribution in [-0.4, -0.2) is 20.6 Å². The lowest BCUT2D eigenvalue weighted by Crippen LogP contribution is -2.28. The number of benzene rings is 2. The van der Waals surface area contributed by atoms with Gasteiger partial charge in [-0.2, -0.15) is 0 Å². The molecule has 1 fully saturated rings. The van der Waals surface area contributed by atoms with E-state index in [0.717, 1.165) is 11.8 Å². The Morgan fingerprint density at radius 2 is 1.65 bits per heavy atom. The van der Waals surface area contributed by atoms with Gasteiger partial charge >= 0.3 is 0 Å². The van der Waals surface area contributed by atoms with E-state index in [9.17, 15) is 22.0 Å². The molecular weight excluding hydrogens is 422 g/mol. The van der Waals surface area contributed by atoms with E-state index in [1.54, 1.807) is 45.0 Å². The first-order chi connectivity index (χ1) is 14.3. The second-order valence-corrected chi connectivity index (χ2v) is 11.0. The number of sulfonamides is 1. The smallest absolute Gasteiger partial charge is 0.229 e. The van der Waals surface area contributed by atoms with Gasteiger partial charge in [-0.3, -0.25) is 9.52 Å². The molecule has 3 rings (SSSR count). The molecular formula is C23H28F2N2O3S. The summed E-state index contributed by atoms with van der Waals surface area (Å²) in [5, 5.41) is 2.93. The average molecular weight is 451 g/mol. The Morgan fingerprint density at radius 3 is 2.13 bits per heavy atom. The summed E-state index contributed by atoms with van der Waals surface area (Å²) in [6.07, 6.45) is 1.62. The number of hydrogen-bond donors (Lipinski definition) is 2. The minimum absolute atomic E-state index is 0.0559. The van der Waals surface area contributed by atoms with Crippen LogP contribution in [0.25, 0.3) is 0 Å². The second kappa shape index (κ2) is 8.22. The van der Waals surface area contributed by atoms with Gasteiger partial charge in [0.05, 0.1) is 12.3 Å². The number of carbonyl (C=O) groups is 1. The predicted octanol–water partition coefficient (Wildman–Crippen LogP) is 4.61. The molecule has 1 unspecified atom stereocenters. The Hall–Kier alpha value is -2.48. The first-order valence-electron chi connectivity index (χ1n) is 10.1. The zero-order valence-electron chi connectivity index (χ0n) is 18.3. The van der Waals surface area contributed by atoms with Gasteiger partial charge in [-0.25, -0.2) is 17.2 Å². The minimum Gasteiger partial charge on any atom is -0.349 e. The van der Waals surface area contributed by atoms with Crippen molar-refractivity contribution in [1.29, 1.82) is 0 Å². The third kappa shape index (κ3) is 5.61. The minimum atomic E-state index is -3.36. The molecule has 8 heteroatoms. The van der Waals surface area contributed by atoms with Crippen LogP contribution in [0.2, 0.25) is 0 Å². The summed E-state index contributed by atoms with van der Waals surface area (Å²) in [5.74, 6) is -1.86. The predicted molar refractivity (Wildman–Crippen MR) is 117 cm³/mol. The van der Waals surface area contributed by atoms with Gasteiger partial charge in [0, 0.05) is 17.2 Å². The SMILES string of the molecule is C[C@@H](NC(=O)C1C[C@@H]1c1cc(F)c(C(C)(C)C)c(F)c1)c1ccc(NS(C)(=O)=O)cc1. The van der Waals surface area contributed by atoms with Crippen molar-refractivity contribution >= 4 is 21.6 Å². The maximum atomic E-state index is 14.5. The van der Waals surface area contributed by atoms with Crippen molar-refractivity contribution in [2.24, 2.45) is 5.92 Å². The Balaban J connectivity index is 1.64. The second-order valence-electron chi connectivity index (χ2n) is 9.28. The highest BCUT2D eigenvalue weighted by molar-refractivity contribution is 7.92. The Labute approximate surface area is 182 Å². The quantitative estimate of drug-likeness (QED) is 0.675. The van der Waals surface area contributed by atoms with Crippen LogP contribution in [0.15, 0.2) is 36.4 Å². The molecule has 0 saturated heterocycles. The van der Waals surface area contributed by atoms with Gasteiger partial charge in [0.15, 0.2) is 0 Å². The lowest BCUT2D eigenvalue weighted by atomic mass is 9.85. The highest BCUT2D eigenvalue weighted by Gasteiger charge is 2.45. The fourth-order valence-electron chi connectivity index (χ4n) is 3.83. The summed E-state index contributed by atoms with van der Waals surface area (Å²) in [7, 11) is -3.36. The average Bonchev–Trinajstić information content (AvgIpc) is 3.40. The summed E-state index contributed by atoms with van der Waals surface area (Å²) >= 11 is 0. The molecule has 0 aliphatic heterocycles. The number of halogens is 2. The van der Waals surface area contributed by atoms with E-state index in [2.05, 4.69) is 10.0 Å². The van der Waals surface area contributed by atoms with Crippen LogP contribution in [0.1, 0.15) is 62.8 Å². The fourth-order valence-corrected chi connectivity index (χ4v) is 4.40. The van der Waals surface area contributed by atoms with Crippen LogP contribution in [0.4, 0.5) is 14.5 Å².